The van der Waals surface area contributed by atoms with Crippen LogP contribution in [0.1, 0.15) is 19.4 Å². The zero-order chi connectivity index (χ0) is 13.9. The van der Waals surface area contributed by atoms with Crippen molar-refractivity contribution in [3.8, 4) is 5.75 Å². The molecule has 0 fully saturated rings. The molecule has 0 saturated carbocycles. The summed E-state index contributed by atoms with van der Waals surface area (Å²) in [6.45, 7) is 3.87. The Labute approximate surface area is 103 Å². The average molecular weight is 262 g/mol. The van der Waals surface area contributed by atoms with Crippen LogP contribution < -0.4 is 10.2 Å². The topological polar surface area (TPSA) is 49.7 Å². The zero-order valence-corrected chi connectivity index (χ0v) is 10.0. The van der Waals surface area contributed by atoms with Gasteiger partial charge in [0.15, 0.2) is 0 Å². The summed E-state index contributed by atoms with van der Waals surface area (Å²) in [5.41, 5.74) is -0.964. The minimum Gasteiger partial charge on any atom is -0.494 e. The molecular formula is C11H14BF3O3. The third-order valence-corrected chi connectivity index (χ3v) is 2.19. The first-order valence-corrected chi connectivity index (χ1v) is 5.42. The molecule has 1 rings (SSSR count). The molecule has 0 radical (unpaired) electrons. The summed E-state index contributed by atoms with van der Waals surface area (Å²) < 4.78 is 42.7. The smallest absolute Gasteiger partial charge is 0.492 e. The Kier molecular flexibility index (Phi) is 4.64. The molecule has 0 aliphatic carbocycles. The van der Waals surface area contributed by atoms with Crippen molar-refractivity contribution in [3.63, 3.8) is 0 Å². The third kappa shape index (κ3) is 3.92. The van der Waals surface area contributed by atoms with E-state index in [-0.39, 0.29) is 23.7 Å². The first-order chi connectivity index (χ1) is 8.21. The van der Waals surface area contributed by atoms with Crippen molar-refractivity contribution in [3.05, 3.63) is 23.8 Å². The van der Waals surface area contributed by atoms with Crippen LogP contribution in [0.4, 0.5) is 13.2 Å². The van der Waals surface area contributed by atoms with E-state index in [2.05, 4.69) is 0 Å². The van der Waals surface area contributed by atoms with Crippen LogP contribution in [0.2, 0.25) is 0 Å². The van der Waals surface area contributed by atoms with Gasteiger partial charge in [0.05, 0.1) is 12.2 Å². The van der Waals surface area contributed by atoms with E-state index in [9.17, 15) is 13.2 Å². The molecule has 0 aliphatic heterocycles. The summed E-state index contributed by atoms with van der Waals surface area (Å²) in [5, 5.41) is 18.1. The molecule has 0 aliphatic rings. The number of ether oxygens (including phenoxy) is 1. The number of hydrogen-bond acceptors (Lipinski definition) is 3. The summed E-state index contributed by atoms with van der Waals surface area (Å²) in [6, 6.07) is 2.57. The number of hydrogen-bond donors (Lipinski definition) is 2. The summed E-state index contributed by atoms with van der Waals surface area (Å²) >= 11 is 0. The molecule has 0 bridgehead atoms. The highest BCUT2D eigenvalue weighted by atomic mass is 19.4. The molecule has 0 aromatic heterocycles. The van der Waals surface area contributed by atoms with E-state index in [4.69, 9.17) is 14.8 Å². The Balaban J connectivity index is 3.08. The highest BCUT2D eigenvalue weighted by Gasteiger charge is 2.32. The zero-order valence-electron chi connectivity index (χ0n) is 10.0. The molecule has 0 atom stereocenters. The van der Waals surface area contributed by atoms with E-state index in [0.29, 0.717) is 0 Å². The van der Waals surface area contributed by atoms with Gasteiger partial charge in [-0.2, -0.15) is 13.2 Å². The minimum atomic E-state index is -4.49. The number of alkyl halides is 3. The van der Waals surface area contributed by atoms with E-state index in [0.717, 1.165) is 18.2 Å². The van der Waals surface area contributed by atoms with Crippen molar-refractivity contribution in [1.82, 2.24) is 0 Å². The summed E-state index contributed by atoms with van der Waals surface area (Å²) in [4.78, 5) is 0. The number of halogens is 3. The van der Waals surface area contributed by atoms with Gasteiger partial charge in [-0.3, -0.25) is 0 Å². The Morgan fingerprint density at radius 3 is 2.33 bits per heavy atom. The van der Waals surface area contributed by atoms with Gasteiger partial charge in [0, 0.05) is 5.46 Å². The minimum absolute atomic E-state index is 0.0800. The fourth-order valence-electron chi connectivity index (χ4n) is 1.31. The second kappa shape index (κ2) is 5.62. The summed E-state index contributed by atoms with van der Waals surface area (Å²) in [5.74, 6) is -0.0447. The van der Waals surface area contributed by atoms with Gasteiger partial charge >= 0.3 is 13.3 Å². The van der Waals surface area contributed by atoms with Gasteiger partial charge in [0.25, 0.3) is 0 Å². The molecule has 0 heterocycles. The van der Waals surface area contributed by atoms with Crippen molar-refractivity contribution in [2.75, 3.05) is 6.61 Å². The first-order valence-electron chi connectivity index (χ1n) is 5.42. The molecule has 0 amide bonds. The Hall–Kier alpha value is -1.21. The van der Waals surface area contributed by atoms with Crippen LogP contribution in [0.3, 0.4) is 0 Å². The fraction of sp³-hybridized carbons (Fsp3) is 0.455. The average Bonchev–Trinajstić information content (AvgIpc) is 2.24. The Morgan fingerprint density at radius 2 is 1.89 bits per heavy atom. The van der Waals surface area contributed by atoms with E-state index >= 15 is 0 Å². The monoisotopic (exact) mass is 262 g/mol. The normalized spacial score (nSPS) is 11.8. The molecule has 0 saturated heterocycles. The van der Waals surface area contributed by atoms with Crippen molar-refractivity contribution in [2.24, 2.45) is 5.92 Å². The van der Waals surface area contributed by atoms with E-state index in [1.54, 1.807) is 0 Å². The first kappa shape index (κ1) is 14.9. The van der Waals surface area contributed by atoms with Crippen molar-refractivity contribution < 1.29 is 28.0 Å². The van der Waals surface area contributed by atoms with Crippen LogP contribution in [0, 0.1) is 5.92 Å². The van der Waals surface area contributed by atoms with Gasteiger partial charge in [0.1, 0.15) is 5.75 Å². The predicted molar refractivity (Wildman–Crippen MR) is 61.6 cm³/mol. The summed E-state index contributed by atoms with van der Waals surface area (Å²) in [7, 11) is -1.87. The lowest BCUT2D eigenvalue weighted by molar-refractivity contribution is -0.137. The molecule has 0 spiro atoms. The highest BCUT2D eigenvalue weighted by Crippen LogP contribution is 2.30. The van der Waals surface area contributed by atoms with E-state index in [1.807, 2.05) is 13.8 Å². The number of benzene rings is 1. The molecule has 3 nitrogen and oxygen atoms in total. The van der Waals surface area contributed by atoms with Gasteiger partial charge in [-0.1, -0.05) is 26.0 Å². The van der Waals surface area contributed by atoms with Gasteiger partial charge in [-0.15, -0.1) is 0 Å². The molecule has 2 N–H and O–H groups in total. The lowest BCUT2D eigenvalue weighted by Gasteiger charge is -2.15. The molecular weight excluding hydrogens is 248 g/mol. The molecule has 0 unspecified atom stereocenters. The molecule has 100 valence electrons. The van der Waals surface area contributed by atoms with Crippen molar-refractivity contribution in [2.45, 2.75) is 20.0 Å². The second-order valence-electron chi connectivity index (χ2n) is 4.33. The van der Waals surface area contributed by atoms with Crippen LogP contribution >= 0.6 is 0 Å². The third-order valence-electron chi connectivity index (χ3n) is 2.19. The quantitative estimate of drug-likeness (QED) is 0.807. The Morgan fingerprint density at radius 1 is 1.28 bits per heavy atom. The summed E-state index contributed by atoms with van der Waals surface area (Å²) in [6.07, 6.45) is -4.49. The van der Waals surface area contributed by atoms with Crippen LogP contribution in [0.25, 0.3) is 0 Å². The molecule has 1 aromatic carbocycles. The fourth-order valence-corrected chi connectivity index (χ4v) is 1.31. The maximum atomic E-state index is 12.5. The van der Waals surface area contributed by atoms with Gasteiger partial charge < -0.3 is 14.8 Å². The van der Waals surface area contributed by atoms with E-state index < -0.39 is 18.9 Å². The van der Waals surface area contributed by atoms with Crippen LogP contribution in [-0.2, 0) is 6.18 Å². The predicted octanol–water partition coefficient (Wildman–Crippen LogP) is 1.42. The standard InChI is InChI=1S/C11H14BF3O3/c1-7(2)6-18-10-5-8(11(13,14)15)3-4-9(10)12(16)17/h3-5,7,16-17H,6H2,1-2H3. The van der Waals surface area contributed by atoms with Crippen LogP contribution in [0.5, 0.6) is 5.75 Å². The Bertz CT molecular complexity index is 405. The SMILES string of the molecule is CC(C)COc1cc(C(F)(F)F)ccc1B(O)O. The second-order valence-corrected chi connectivity index (χ2v) is 4.33. The largest absolute Gasteiger partial charge is 0.494 e. The maximum Gasteiger partial charge on any atom is 0.492 e. The number of rotatable bonds is 4. The highest BCUT2D eigenvalue weighted by molar-refractivity contribution is 6.59. The van der Waals surface area contributed by atoms with Crippen LogP contribution in [-0.4, -0.2) is 23.8 Å². The van der Waals surface area contributed by atoms with Crippen molar-refractivity contribution in [1.29, 1.82) is 0 Å². The van der Waals surface area contributed by atoms with Gasteiger partial charge in [-0.05, 0) is 12.0 Å². The van der Waals surface area contributed by atoms with Crippen molar-refractivity contribution >= 4 is 12.6 Å². The van der Waals surface area contributed by atoms with Crippen LogP contribution in [0.15, 0.2) is 18.2 Å². The molecule has 1 aromatic rings. The maximum absolute atomic E-state index is 12.5. The van der Waals surface area contributed by atoms with E-state index in [1.165, 1.54) is 0 Å². The van der Waals surface area contributed by atoms with Gasteiger partial charge in [-0.25, -0.2) is 0 Å². The molecule has 18 heavy (non-hydrogen) atoms. The lowest BCUT2D eigenvalue weighted by atomic mass is 9.79. The molecule has 7 heteroatoms. The lowest BCUT2D eigenvalue weighted by Crippen LogP contribution is -2.32. The van der Waals surface area contributed by atoms with Gasteiger partial charge in [0.2, 0.25) is 0 Å².